The van der Waals surface area contributed by atoms with Gasteiger partial charge in [0, 0.05) is 6.04 Å². The van der Waals surface area contributed by atoms with E-state index in [-0.39, 0.29) is 0 Å². The molecule has 0 amide bonds. The van der Waals surface area contributed by atoms with Crippen LogP contribution in [0.2, 0.25) is 0 Å². The molecule has 0 aromatic carbocycles. The van der Waals surface area contributed by atoms with E-state index in [9.17, 15) is 0 Å². The summed E-state index contributed by atoms with van der Waals surface area (Å²) in [6, 6.07) is 0.540. The molecule has 0 saturated heterocycles. The third-order valence-electron chi connectivity index (χ3n) is 3.99. The SMILES string of the molecule is NC(=NCCOC1CCCC1)NC1CCCCC1. The summed E-state index contributed by atoms with van der Waals surface area (Å²) >= 11 is 0. The van der Waals surface area contributed by atoms with Crippen LogP contribution in [0.25, 0.3) is 0 Å². The molecule has 2 aliphatic carbocycles. The number of guanidine groups is 1. The zero-order chi connectivity index (χ0) is 12.6. The molecule has 0 bridgehead atoms. The van der Waals surface area contributed by atoms with Gasteiger partial charge in [-0.3, -0.25) is 4.99 Å². The van der Waals surface area contributed by atoms with Crippen molar-refractivity contribution in [3.63, 3.8) is 0 Å². The van der Waals surface area contributed by atoms with Gasteiger partial charge in [-0.15, -0.1) is 0 Å². The molecule has 4 nitrogen and oxygen atoms in total. The Kier molecular flexibility index (Phi) is 5.78. The Morgan fingerprint density at radius 1 is 1.06 bits per heavy atom. The molecule has 18 heavy (non-hydrogen) atoms. The predicted octanol–water partition coefficient (Wildman–Crippen LogP) is 2.18. The molecule has 0 spiro atoms. The van der Waals surface area contributed by atoms with Crippen molar-refractivity contribution in [2.24, 2.45) is 10.7 Å². The van der Waals surface area contributed by atoms with Crippen LogP contribution < -0.4 is 11.1 Å². The van der Waals surface area contributed by atoms with E-state index in [2.05, 4.69) is 10.3 Å². The Balaban J connectivity index is 1.56. The third-order valence-corrected chi connectivity index (χ3v) is 3.99. The van der Waals surface area contributed by atoms with Crippen LogP contribution in [0.15, 0.2) is 4.99 Å². The first-order valence-corrected chi connectivity index (χ1v) is 7.52. The molecular formula is C14H27N3O. The Labute approximate surface area is 110 Å². The Bertz CT molecular complexity index is 256. The van der Waals surface area contributed by atoms with Crippen molar-refractivity contribution in [2.75, 3.05) is 13.2 Å². The lowest BCUT2D eigenvalue weighted by atomic mass is 9.96. The molecule has 4 heteroatoms. The highest BCUT2D eigenvalue weighted by atomic mass is 16.5. The second kappa shape index (κ2) is 7.62. The number of rotatable bonds is 5. The van der Waals surface area contributed by atoms with Crippen LogP contribution in [0, 0.1) is 0 Å². The van der Waals surface area contributed by atoms with Gasteiger partial charge in [0.25, 0.3) is 0 Å². The minimum absolute atomic E-state index is 0.479. The molecule has 0 aliphatic heterocycles. The van der Waals surface area contributed by atoms with Crippen LogP contribution in [0.5, 0.6) is 0 Å². The van der Waals surface area contributed by atoms with Crippen LogP contribution in [0.3, 0.4) is 0 Å². The summed E-state index contributed by atoms with van der Waals surface area (Å²) in [6.45, 7) is 1.39. The van der Waals surface area contributed by atoms with Crippen LogP contribution in [-0.2, 0) is 4.74 Å². The highest BCUT2D eigenvalue weighted by Crippen LogP contribution is 2.20. The second-order valence-electron chi connectivity index (χ2n) is 5.52. The largest absolute Gasteiger partial charge is 0.376 e. The molecule has 2 fully saturated rings. The number of hydrogen-bond donors (Lipinski definition) is 2. The maximum atomic E-state index is 5.88. The number of nitrogens with zero attached hydrogens (tertiary/aromatic N) is 1. The Hall–Kier alpha value is -0.770. The number of aliphatic imine (C=N–C) groups is 1. The number of hydrogen-bond acceptors (Lipinski definition) is 2. The van der Waals surface area contributed by atoms with E-state index in [1.165, 1.54) is 57.8 Å². The maximum absolute atomic E-state index is 5.88. The number of ether oxygens (including phenoxy) is 1. The van der Waals surface area contributed by atoms with E-state index in [0.717, 1.165) is 0 Å². The molecule has 0 heterocycles. The third kappa shape index (κ3) is 4.84. The van der Waals surface area contributed by atoms with Gasteiger partial charge in [0.15, 0.2) is 5.96 Å². The van der Waals surface area contributed by atoms with Crippen molar-refractivity contribution in [1.29, 1.82) is 0 Å². The molecule has 2 aliphatic rings. The van der Waals surface area contributed by atoms with Crippen LogP contribution in [-0.4, -0.2) is 31.3 Å². The molecule has 0 aromatic rings. The smallest absolute Gasteiger partial charge is 0.188 e. The summed E-state index contributed by atoms with van der Waals surface area (Å²) in [6.07, 6.45) is 12.0. The van der Waals surface area contributed by atoms with Gasteiger partial charge in [0.05, 0.1) is 19.3 Å². The quantitative estimate of drug-likeness (QED) is 0.448. The van der Waals surface area contributed by atoms with Crippen molar-refractivity contribution in [2.45, 2.75) is 69.9 Å². The highest BCUT2D eigenvalue weighted by molar-refractivity contribution is 5.78. The molecule has 0 radical (unpaired) electrons. The van der Waals surface area contributed by atoms with Crippen LogP contribution in [0.1, 0.15) is 57.8 Å². The van der Waals surface area contributed by atoms with Crippen LogP contribution >= 0.6 is 0 Å². The van der Waals surface area contributed by atoms with E-state index in [1.54, 1.807) is 0 Å². The fraction of sp³-hybridized carbons (Fsp3) is 0.929. The lowest BCUT2D eigenvalue weighted by Gasteiger charge is -2.23. The fourth-order valence-electron chi connectivity index (χ4n) is 2.94. The topological polar surface area (TPSA) is 59.6 Å². The highest BCUT2D eigenvalue weighted by Gasteiger charge is 2.15. The van der Waals surface area contributed by atoms with Crippen molar-refractivity contribution in [1.82, 2.24) is 5.32 Å². The van der Waals surface area contributed by atoms with Gasteiger partial charge in [-0.1, -0.05) is 32.1 Å². The van der Waals surface area contributed by atoms with E-state index in [0.29, 0.717) is 31.3 Å². The summed E-state index contributed by atoms with van der Waals surface area (Å²) in [5.41, 5.74) is 5.88. The Morgan fingerprint density at radius 2 is 1.72 bits per heavy atom. The maximum Gasteiger partial charge on any atom is 0.188 e. The van der Waals surface area contributed by atoms with Gasteiger partial charge >= 0.3 is 0 Å². The van der Waals surface area contributed by atoms with E-state index in [4.69, 9.17) is 10.5 Å². The number of nitrogens with two attached hydrogens (primary N) is 1. The predicted molar refractivity (Wildman–Crippen MR) is 74.7 cm³/mol. The zero-order valence-corrected chi connectivity index (χ0v) is 11.4. The monoisotopic (exact) mass is 253 g/mol. The summed E-state index contributed by atoms with van der Waals surface area (Å²) < 4.78 is 5.75. The summed E-state index contributed by atoms with van der Waals surface area (Å²) in [5.74, 6) is 0.594. The molecular weight excluding hydrogens is 226 g/mol. The first-order valence-electron chi connectivity index (χ1n) is 7.52. The minimum atomic E-state index is 0.479. The van der Waals surface area contributed by atoms with Crippen molar-refractivity contribution < 1.29 is 4.74 Å². The van der Waals surface area contributed by atoms with Crippen molar-refractivity contribution in [3.05, 3.63) is 0 Å². The van der Waals surface area contributed by atoms with E-state index >= 15 is 0 Å². The van der Waals surface area contributed by atoms with Gasteiger partial charge in [-0.2, -0.15) is 0 Å². The Morgan fingerprint density at radius 3 is 2.44 bits per heavy atom. The second-order valence-corrected chi connectivity index (χ2v) is 5.52. The van der Waals surface area contributed by atoms with Crippen molar-refractivity contribution >= 4 is 5.96 Å². The normalized spacial score (nSPS) is 23.4. The molecule has 104 valence electrons. The molecule has 3 N–H and O–H groups in total. The van der Waals surface area contributed by atoms with E-state index < -0.39 is 0 Å². The van der Waals surface area contributed by atoms with Crippen LogP contribution in [0.4, 0.5) is 0 Å². The standard InChI is InChI=1S/C14H27N3O/c15-14(17-12-6-2-1-3-7-12)16-10-11-18-13-8-4-5-9-13/h12-13H,1-11H2,(H3,15,16,17). The number of nitrogens with one attached hydrogen (secondary N) is 1. The summed E-state index contributed by atoms with van der Waals surface area (Å²) in [4.78, 5) is 4.34. The zero-order valence-electron chi connectivity index (χ0n) is 11.4. The minimum Gasteiger partial charge on any atom is -0.376 e. The molecule has 2 saturated carbocycles. The van der Waals surface area contributed by atoms with Gasteiger partial charge in [0.2, 0.25) is 0 Å². The first-order chi connectivity index (χ1) is 8.84. The molecule has 2 rings (SSSR count). The van der Waals surface area contributed by atoms with Crippen molar-refractivity contribution in [3.8, 4) is 0 Å². The lowest BCUT2D eigenvalue weighted by molar-refractivity contribution is 0.0643. The first kappa shape index (κ1) is 13.7. The molecule has 0 unspecified atom stereocenters. The van der Waals surface area contributed by atoms with Gasteiger partial charge in [-0.05, 0) is 25.7 Å². The fourth-order valence-corrected chi connectivity index (χ4v) is 2.94. The average molecular weight is 253 g/mol. The van der Waals surface area contributed by atoms with Gasteiger partial charge < -0.3 is 15.8 Å². The average Bonchev–Trinajstić information content (AvgIpc) is 2.89. The molecule has 0 aromatic heterocycles. The van der Waals surface area contributed by atoms with Gasteiger partial charge in [-0.25, -0.2) is 0 Å². The van der Waals surface area contributed by atoms with Gasteiger partial charge in [0.1, 0.15) is 0 Å². The van der Waals surface area contributed by atoms with E-state index in [1.807, 2.05) is 0 Å². The lowest BCUT2D eigenvalue weighted by Crippen LogP contribution is -2.41. The summed E-state index contributed by atoms with van der Waals surface area (Å²) in [7, 11) is 0. The molecule has 0 atom stereocenters. The summed E-state index contributed by atoms with van der Waals surface area (Å²) in [5, 5.41) is 3.32.